The minimum atomic E-state index is -0.391. The number of carbonyl (C=O) groups excluding carboxylic acids is 1. The number of rotatable bonds is 6. The molecule has 0 fully saturated rings. The maximum absolute atomic E-state index is 13.0. The molecule has 8 heteroatoms. The van der Waals surface area contributed by atoms with Crippen molar-refractivity contribution in [2.45, 2.75) is 19.4 Å². The van der Waals surface area contributed by atoms with Crippen LogP contribution in [-0.4, -0.2) is 24.2 Å². The first-order chi connectivity index (χ1) is 14.1. The Morgan fingerprint density at radius 3 is 2.79 bits per heavy atom. The van der Waals surface area contributed by atoms with Crippen LogP contribution in [0.3, 0.4) is 0 Å². The summed E-state index contributed by atoms with van der Waals surface area (Å²) < 4.78 is 34.9. The lowest BCUT2D eigenvalue weighted by molar-refractivity contribution is -0.145. The molecule has 0 aliphatic carbocycles. The summed E-state index contributed by atoms with van der Waals surface area (Å²) >= 11 is 6.18. The molecule has 0 amide bonds. The topological polar surface area (TPSA) is 70.8 Å². The number of benzene rings is 2. The zero-order valence-electron chi connectivity index (χ0n) is 15.3. The molecule has 0 saturated heterocycles. The van der Waals surface area contributed by atoms with E-state index in [1.54, 1.807) is 30.5 Å². The molecule has 0 radical (unpaired) electrons. The van der Waals surface area contributed by atoms with Crippen LogP contribution in [0.25, 0.3) is 11.3 Å². The number of aryl methyl sites for hydroxylation is 1. The third-order valence-corrected chi connectivity index (χ3v) is 4.56. The minimum absolute atomic E-state index is 0.0710. The van der Waals surface area contributed by atoms with Crippen molar-refractivity contribution in [1.29, 1.82) is 0 Å². The molecule has 6 nitrogen and oxygen atoms in total. The molecule has 29 heavy (non-hydrogen) atoms. The molecule has 2 aromatic carbocycles. The standard InChI is InChI=1S/C21H17ClFNO5/c22-16-9-13(10-17-21(16)27-8-7-26-17)12-28-20(25)6-5-19-24-11-18(29-19)14-1-3-15(23)4-2-14/h1-4,9-11H,5-8,12H2. The van der Waals surface area contributed by atoms with Gasteiger partial charge in [-0.3, -0.25) is 4.79 Å². The Bertz CT molecular complexity index is 1020. The van der Waals surface area contributed by atoms with Crippen molar-refractivity contribution in [1.82, 2.24) is 4.98 Å². The molecule has 2 heterocycles. The van der Waals surface area contributed by atoms with E-state index in [2.05, 4.69) is 4.98 Å². The number of fused-ring (bicyclic) bond motifs is 1. The molecule has 4 rings (SSSR count). The molecule has 0 N–H and O–H groups in total. The Morgan fingerprint density at radius 2 is 1.97 bits per heavy atom. The highest BCUT2D eigenvalue weighted by atomic mass is 35.5. The molecule has 1 aliphatic heterocycles. The molecule has 3 aromatic rings. The number of aromatic nitrogens is 1. The number of hydrogen-bond acceptors (Lipinski definition) is 6. The van der Waals surface area contributed by atoms with E-state index in [4.69, 9.17) is 30.2 Å². The lowest BCUT2D eigenvalue weighted by Gasteiger charge is -2.20. The summed E-state index contributed by atoms with van der Waals surface area (Å²) in [7, 11) is 0. The van der Waals surface area contributed by atoms with Crippen molar-refractivity contribution >= 4 is 17.6 Å². The highest BCUT2D eigenvalue weighted by Gasteiger charge is 2.17. The van der Waals surface area contributed by atoms with Crippen LogP contribution in [0.2, 0.25) is 5.02 Å². The molecular formula is C21H17ClFNO5. The van der Waals surface area contributed by atoms with Crippen LogP contribution < -0.4 is 9.47 Å². The molecule has 0 unspecified atom stereocenters. The third-order valence-electron chi connectivity index (χ3n) is 4.28. The number of carbonyl (C=O) groups is 1. The van der Waals surface area contributed by atoms with Crippen molar-refractivity contribution in [2.24, 2.45) is 0 Å². The lowest BCUT2D eigenvalue weighted by atomic mass is 10.2. The second-order valence-corrected chi connectivity index (χ2v) is 6.79. The number of hydrogen-bond donors (Lipinski definition) is 0. The van der Waals surface area contributed by atoms with E-state index < -0.39 is 5.97 Å². The quantitative estimate of drug-likeness (QED) is 0.547. The van der Waals surface area contributed by atoms with Crippen LogP contribution >= 0.6 is 11.6 Å². The number of esters is 1. The van der Waals surface area contributed by atoms with Crippen LogP contribution in [-0.2, 0) is 22.6 Å². The summed E-state index contributed by atoms with van der Waals surface area (Å²) in [6.07, 6.45) is 1.95. The molecule has 0 atom stereocenters. The normalized spacial score (nSPS) is 12.6. The Balaban J connectivity index is 1.30. The van der Waals surface area contributed by atoms with Crippen LogP contribution in [0.5, 0.6) is 11.5 Å². The largest absolute Gasteiger partial charge is 0.486 e. The lowest BCUT2D eigenvalue weighted by Crippen LogP contribution is -2.16. The first-order valence-corrected chi connectivity index (χ1v) is 9.40. The van der Waals surface area contributed by atoms with Gasteiger partial charge in [-0.05, 0) is 42.0 Å². The van der Waals surface area contributed by atoms with Crippen molar-refractivity contribution in [3.63, 3.8) is 0 Å². The van der Waals surface area contributed by atoms with Gasteiger partial charge in [-0.1, -0.05) is 11.6 Å². The van der Waals surface area contributed by atoms with Crippen molar-refractivity contribution in [3.8, 4) is 22.8 Å². The van der Waals surface area contributed by atoms with E-state index in [-0.39, 0.29) is 18.8 Å². The number of halogens is 2. The highest BCUT2D eigenvalue weighted by Crippen LogP contribution is 2.38. The number of nitrogens with zero attached hydrogens (tertiary/aromatic N) is 1. The summed E-state index contributed by atoms with van der Waals surface area (Å²) in [4.78, 5) is 16.2. The van der Waals surface area contributed by atoms with Crippen molar-refractivity contribution in [2.75, 3.05) is 13.2 Å². The van der Waals surface area contributed by atoms with Gasteiger partial charge in [-0.15, -0.1) is 0 Å². The van der Waals surface area contributed by atoms with Crippen LogP contribution in [0, 0.1) is 5.82 Å². The highest BCUT2D eigenvalue weighted by molar-refractivity contribution is 6.32. The fraction of sp³-hybridized carbons (Fsp3) is 0.238. The van der Waals surface area contributed by atoms with Crippen LogP contribution in [0.15, 0.2) is 47.0 Å². The Labute approximate surface area is 171 Å². The van der Waals surface area contributed by atoms with Gasteiger partial charge < -0.3 is 18.6 Å². The fourth-order valence-electron chi connectivity index (χ4n) is 2.87. The van der Waals surface area contributed by atoms with Gasteiger partial charge >= 0.3 is 5.97 Å². The van der Waals surface area contributed by atoms with Crippen LogP contribution in [0.1, 0.15) is 17.9 Å². The average Bonchev–Trinajstić information content (AvgIpc) is 3.20. The van der Waals surface area contributed by atoms with E-state index in [1.165, 1.54) is 12.1 Å². The van der Waals surface area contributed by atoms with E-state index >= 15 is 0 Å². The molecular weight excluding hydrogens is 401 g/mol. The van der Waals surface area contributed by atoms with Gasteiger partial charge in [-0.25, -0.2) is 9.37 Å². The molecule has 150 valence electrons. The van der Waals surface area contributed by atoms with Gasteiger partial charge in [0.05, 0.1) is 17.6 Å². The summed E-state index contributed by atoms with van der Waals surface area (Å²) in [6, 6.07) is 9.33. The molecule has 1 aromatic heterocycles. The summed E-state index contributed by atoms with van der Waals surface area (Å²) in [6.45, 7) is 0.967. The molecule has 0 spiro atoms. The van der Waals surface area contributed by atoms with Gasteiger partial charge in [0, 0.05) is 12.0 Å². The first-order valence-electron chi connectivity index (χ1n) is 9.03. The minimum Gasteiger partial charge on any atom is -0.486 e. The predicted octanol–water partition coefficient (Wildman–Crippen LogP) is 4.58. The van der Waals surface area contributed by atoms with E-state index in [0.717, 1.165) is 0 Å². The monoisotopic (exact) mass is 417 g/mol. The van der Waals surface area contributed by atoms with Gasteiger partial charge in [0.25, 0.3) is 0 Å². The van der Waals surface area contributed by atoms with E-state index in [1.807, 2.05) is 0 Å². The predicted molar refractivity (Wildman–Crippen MR) is 102 cm³/mol. The summed E-state index contributed by atoms with van der Waals surface area (Å²) in [5.74, 6) is 1.26. The Morgan fingerprint density at radius 1 is 1.17 bits per heavy atom. The van der Waals surface area contributed by atoms with Gasteiger partial charge in [0.2, 0.25) is 0 Å². The maximum Gasteiger partial charge on any atom is 0.306 e. The maximum atomic E-state index is 13.0. The van der Waals surface area contributed by atoms with E-state index in [0.29, 0.717) is 58.9 Å². The number of oxazole rings is 1. The van der Waals surface area contributed by atoms with Crippen molar-refractivity contribution in [3.05, 3.63) is 64.9 Å². The van der Waals surface area contributed by atoms with Gasteiger partial charge in [0.15, 0.2) is 23.1 Å². The van der Waals surface area contributed by atoms with E-state index in [9.17, 15) is 9.18 Å². The number of ether oxygens (including phenoxy) is 3. The van der Waals surface area contributed by atoms with Gasteiger partial charge in [0.1, 0.15) is 25.6 Å². The van der Waals surface area contributed by atoms with Crippen molar-refractivity contribution < 1.29 is 27.8 Å². The Hall–Kier alpha value is -3.06. The molecule has 0 saturated carbocycles. The zero-order chi connectivity index (χ0) is 20.2. The average molecular weight is 418 g/mol. The zero-order valence-corrected chi connectivity index (χ0v) is 16.1. The Kier molecular flexibility index (Phi) is 5.67. The SMILES string of the molecule is O=C(CCc1ncc(-c2ccc(F)cc2)o1)OCc1cc(Cl)c2c(c1)OCCO2. The summed E-state index contributed by atoms with van der Waals surface area (Å²) in [5, 5.41) is 0.418. The fourth-order valence-corrected chi connectivity index (χ4v) is 3.15. The second kappa shape index (κ2) is 8.53. The van der Waals surface area contributed by atoms with Gasteiger partial charge in [-0.2, -0.15) is 0 Å². The molecule has 1 aliphatic rings. The van der Waals surface area contributed by atoms with Crippen LogP contribution in [0.4, 0.5) is 4.39 Å². The second-order valence-electron chi connectivity index (χ2n) is 6.39. The smallest absolute Gasteiger partial charge is 0.306 e. The first kappa shape index (κ1) is 19.3. The molecule has 0 bridgehead atoms. The third kappa shape index (κ3) is 4.68. The summed E-state index contributed by atoms with van der Waals surface area (Å²) in [5.41, 5.74) is 1.42.